The zero-order valence-electron chi connectivity index (χ0n) is 39.1. The van der Waals surface area contributed by atoms with Gasteiger partial charge >= 0.3 is 23.9 Å². The van der Waals surface area contributed by atoms with Crippen LogP contribution in [0.5, 0.6) is 0 Å². The summed E-state index contributed by atoms with van der Waals surface area (Å²) in [6.07, 6.45) is -5.61. The van der Waals surface area contributed by atoms with Gasteiger partial charge < -0.3 is 57.3 Å². The Kier molecular flexibility index (Phi) is 21.5. The summed E-state index contributed by atoms with van der Waals surface area (Å²) < 4.78 is 59.8. The molecule has 0 aromatic heterocycles. The van der Waals surface area contributed by atoms with Crippen LogP contribution in [-0.4, -0.2) is 161 Å². The molecule has 1 unspecified atom stereocenters. The summed E-state index contributed by atoms with van der Waals surface area (Å²) in [5, 5.41) is 11.8. The van der Waals surface area contributed by atoms with Crippen LogP contribution in [0.2, 0.25) is 0 Å². The maximum atomic E-state index is 13.8. The van der Waals surface area contributed by atoms with E-state index < -0.39 is 134 Å². The number of hydrogen-bond donors (Lipinski definition) is 1. The Morgan fingerprint density at radius 2 is 1.40 bits per heavy atom. The molecule has 0 saturated carbocycles. The van der Waals surface area contributed by atoms with Gasteiger partial charge in [-0.3, -0.25) is 28.9 Å². The van der Waals surface area contributed by atoms with Gasteiger partial charge in [0.25, 0.3) is 0 Å². The average Bonchev–Trinajstić information content (AvgIpc) is 3.20. The number of rotatable bonds is 14. The highest BCUT2D eigenvalue weighted by atomic mass is 16.7. The van der Waals surface area contributed by atoms with Crippen molar-refractivity contribution in [2.75, 3.05) is 34.9 Å². The highest BCUT2D eigenvalue weighted by molar-refractivity contribution is 5.91. The summed E-state index contributed by atoms with van der Waals surface area (Å²) in [4.78, 5) is 78.1. The van der Waals surface area contributed by atoms with Gasteiger partial charge in [0.05, 0.1) is 43.5 Å². The first-order valence-corrected chi connectivity index (χ1v) is 21.7. The second-order valence-corrected chi connectivity index (χ2v) is 17.1. The van der Waals surface area contributed by atoms with Gasteiger partial charge in [-0.1, -0.05) is 38.5 Å². The third-order valence-electron chi connectivity index (χ3n) is 11.9. The highest BCUT2D eigenvalue weighted by Crippen LogP contribution is 2.36. The molecule has 3 aliphatic heterocycles. The molecule has 2 saturated heterocycles. The van der Waals surface area contributed by atoms with Crippen LogP contribution in [0, 0.1) is 23.7 Å². The molecule has 0 radical (unpaired) electrons. The van der Waals surface area contributed by atoms with E-state index in [2.05, 4.69) is 0 Å². The third kappa shape index (κ3) is 15.0. The lowest BCUT2D eigenvalue weighted by molar-refractivity contribution is -0.308. The molecule has 18 nitrogen and oxygen atoms in total. The van der Waals surface area contributed by atoms with Crippen molar-refractivity contribution in [3.63, 3.8) is 0 Å². The first-order chi connectivity index (χ1) is 29.7. The molecular formula is C45H71NO17. The van der Waals surface area contributed by atoms with Crippen LogP contribution >= 0.6 is 0 Å². The molecule has 0 aliphatic carbocycles. The van der Waals surface area contributed by atoms with Crippen LogP contribution in [0.25, 0.3) is 0 Å². The fourth-order valence-electron chi connectivity index (χ4n) is 8.72. The van der Waals surface area contributed by atoms with E-state index in [0.717, 1.165) is 0 Å². The number of esters is 4. The number of carbonyl (C=O) groups excluding carboxylic acids is 6. The molecule has 1 N–H and O–H groups in total. The van der Waals surface area contributed by atoms with E-state index >= 15 is 0 Å². The molecule has 0 amide bonds. The zero-order valence-corrected chi connectivity index (χ0v) is 39.1. The predicted octanol–water partition coefficient (Wildman–Crippen LogP) is 3.27. The number of ketones is 1. The minimum atomic E-state index is -1.39. The maximum absolute atomic E-state index is 13.8. The first kappa shape index (κ1) is 53.7. The van der Waals surface area contributed by atoms with Gasteiger partial charge in [-0.05, 0) is 59.7 Å². The summed E-state index contributed by atoms with van der Waals surface area (Å²) in [6, 6.07) is -0.741. The molecular weight excluding hydrogens is 826 g/mol. The van der Waals surface area contributed by atoms with Gasteiger partial charge in [-0.2, -0.15) is 0 Å². The number of methoxy groups -OCH3 is 2. The van der Waals surface area contributed by atoms with Crippen molar-refractivity contribution >= 4 is 35.9 Å². The van der Waals surface area contributed by atoms with Gasteiger partial charge in [-0.25, -0.2) is 0 Å². The molecule has 358 valence electrons. The number of aliphatic hydroxyl groups is 1. The molecule has 3 heterocycles. The first-order valence-electron chi connectivity index (χ1n) is 21.7. The normalized spacial score (nSPS) is 38.7. The molecule has 18 heteroatoms. The van der Waals surface area contributed by atoms with E-state index in [1.807, 2.05) is 13.0 Å². The van der Waals surface area contributed by atoms with E-state index in [4.69, 9.17) is 47.4 Å². The quantitative estimate of drug-likeness (QED) is 0.150. The van der Waals surface area contributed by atoms with Gasteiger partial charge in [0.15, 0.2) is 30.6 Å². The molecule has 0 aromatic carbocycles. The predicted molar refractivity (Wildman–Crippen MR) is 225 cm³/mol. The zero-order chi connectivity index (χ0) is 47.3. The molecule has 3 aliphatic rings. The molecule has 0 aromatic rings. The SMILES string of the molecule is CC[C@H]1OC(=O)C[C@@H](O)[C@H](C)C(O[C@@H]2O[C@H](C)[C@@H](OC(C)=O)[C@H](N(C)C)[C@H]2OC(C)=O)[C@@H](CC=O)C[C@@H](C)C(=O)/C=C/C(C)=C/[C@@H]1CO[C@@H]1O[C@H](C)[C@@H](OC(C)=O)[C@@H](OC)[C@H]1OC. The lowest BCUT2D eigenvalue weighted by Gasteiger charge is -2.48. The van der Waals surface area contributed by atoms with Gasteiger partial charge in [0.2, 0.25) is 0 Å². The summed E-state index contributed by atoms with van der Waals surface area (Å²) >= 11 is 0. The Morgan fingerprint density at radius 1 is 0.825 bits per heavy atom. The molecule has 17 atom stereocenters. The van der Waals surface area contributed by atoms with Crippen LogP contribution in [0.4, 0.5) is 0 Å². The summed E-state index contributed by atoms with van der Waals surface area (Å²) in [6.45, 7) is 14.2. The Bertz CT molecular complexity index is 1600. The minimum absolute atomic E-state index is 0.0367. The largest absolute Gasteiger partial charge is 0.462 e. The number of cyclic esters (lactones) is 1. The van der Waals surface area contributed by atoms with Gasteiger partial charge in [-0.15, -0.1) is 0 Å². The number of nitrogens with zero attached hydrogens (tertiary/aromatic N) is 1. The number of allylic oxidation sites excluding steroid dienone is 3. The number of aliphatic hydroxyl groups excluding tert-OH is 1. The lowest BCUT2D eigenvalue weighted by atomic mass is 9.79. The van der Waals surface area contributed by atoms with Crippen molar-refractivity contribution in [2.24, 2.45) is 23.7 Å². The van der Waals surface area contributed by atoms with E-state index in [1.165, 1.54) is 41.1 Å². The second-order valence-electron chi connectivity index (χ2n) is 17.1. The Balaban J connectivity index is 2.02. The van der Waals surface area contributed by atoms with E-state index in [1.54, 1.807) is 59.7 Å². The maximum Gasteiger partial charge on any atom is 0.308 e. The van der Waals surface area contributed by atoms with Crippen molar-refractivity contribution in [1.82, 2.24) is 4.90 Å². The van der Waals surface area contributed by atoms with Crippen LogP contribution in [0.1, 0.15) is 88.0 Å². The van der Waals surface area contributed by atoms with E-state index in [9.17, 15) is 33.9 Å². The Labute approximate surface area is 371 Å². The van der Waals surface area contributed by atoms with Gasteiger partial charge in [0, 0.05) is 59.2 Å². The summed E-state index contributed by atoms with van der Waals surface area (Å²) in [5.74, 6) is -5.46. The van der Waals surface area contributed by atoms with Crippen molar-refractivity contribution in [2.45, 2.75) is 168 Å². The van der Waals surface area contributed by atoms with Crippen LogP contribution in [0.3, 0.4) is 0 Å². The van der Waals surface area contributed by atoms with Crippen LogP contribution < -0.4 is 0 Å². The van der Waals surface area contributed by atoms with E-state index in [0.29, 0.717) is 18.3 Å². The Morgan fingerprint density at radius 3 is 1.95 bits per heavy atom. The molecule has 63 heavy (non-hydrogen) atoms. The lowest BCUT2D eigenvalue weighted by Crippen LogP contribution is -2.65. The fraction of sp³-hybridized carbons (Fsp3) is 0.778. The van der Waals surface area contributed by atoms with Crippen molar-refractivity contribution in [3.8, 4) is 0 Å². The number of carbonyl (C=O) groups is 6. The van der Waals surface area contributed by atoms with Crippen molar-refractivity contribution in [1.29, 1.82) is 0 Å². The number of ether oxygens (including phenoxy) is 10. The van der Waals surface area contributed by atoms with Crippen molar-refractivity contribution < 1.29 is 81.2 Å². The summed E-state index contributed by atoms with van der Waals surface area (Å²) in [5.41, 5.74) is 0.665. The smallest absolute Gasteiger partial charge is 0.308 e. The van der Waals surface area contributed by atoms with E-state index in [-0.39, 0.29) is 25.2 Å². The van der Waals surface area contributed by atoms with Crippen molar-refractivity contribution in [3.05, 3.63) is 23.8 Å². The molecule has 3 rings (SSSR count). The Hall–Kier alpha value is -3.62. The second kappa shape index (κ2) is 25.2. The fourth-order valence-corrected chi connectivity index (χ4v) is 8.72. The number of likely N-dealkylation sites (N-methyl/N-ethyl adjacent to an activating group) is 1. The number of hydrogen-bond acceptors (Lipinski definition) is 18. The average molecular weight is 898 g/mol. The highest BCUT2D eigenvalue weighted by Gasteiger charge is 2.52. The van der Waals surface area contributed by atoms with Crippen LogP contribution in [0.15, 0.2) is 23.8 Å². The molecule has 2 fully saturated rings. The molecule has 0 bridgehead atoms. The van der Waals surface area contributed by atoms with Crippen LogP contribution in [-0.2, 0) is 76.1 Å². The summed E-state index contributed by atoms with van der Waals surface area (Å²) in [7, 11) is 6.38. The topological polar surface area (TPSA) is 218 Å². The molecule has 0 spiro atoms. The monoisotopic (exact) mass is 897 g/mol. The minimum Gasteiger partial charge on any atom is -0.462 e. The number of aldehydes is 1. The third-order valence-corrected chi connectivity index (χ3v) is 11.9. The van der Waals surface area contributed by atoms with Gasteiger partial charge in [0.1, 0.15) is 30.7 Å². The standard InChI is InChI=1S/C45H71NO17/c1-14-35-32(22-56-44-43(55-13)42(54-12)40(27(6)57-44)60-29(8)49)19-23(2)15-16-33(51)24(3)20-31(17-18-47)38(25(4)34(52)21-36(53)62-35)63-45-41(61-30(9)50)37(46(10)11)39(26(5)58-45)59-28(7)48/h15-16,18-19,24-27,31-32,34-35,37-45,52H,14,17,20-22H2,1-13H3/b16-15+,23-19+/t24-,25+,26-,27-,31+,32-,34-,35-,37+,38?,39-,40-,41-,42-,43-,44-,45+/m1/s1.